The van der Waals surface area contributed by atoms with Gasteiger partial charge in [0.2, 0.25) is 0 Å². The highest BCUT2D eigenvalue weighted by Crippen LogP contribution is 2.17. The Balaban J connectivity index is 1.55. The molecule has 0 spiro atoms. The highest BCUT2D eigenvalue weighted by Gasteiger charge is 2.00. The van der Waals surface area contributed by atoms with Gasteiger partial charge in [0.15, 0.2) is 0 Å². The third-order valence-corrected chi connectivity index (χ3v) is 4.08. The normalized spacial score (nSPS) is 10.2. The van der Waals surface area contributed by atoms with Crippen molar-refractivity contribution in [2.75, 3.05) is 12.3 Å². The van der Waals surface area contributed by atoms with Crippen molar-refractivity contribution in [3.05, 3.63) is 66.0 Å². The van der Waals surface area contributed by atoms with Gasteiger partial charge in [-0.15, -0.1) is 11.8 Å². The molecule has 0 fully saturated rings. The minimum absolute atomic E-state index is 0.200. The number of amides is 2. The van der Waals surface area contributed by atoms with E-state index >= 15 is 0 Å². The number of urea groups is 1. The van der Waals surface area contributed by atoms with Crippen LogP contribution in [0.1, 0.15) is 12.0 Å². The average Bonchev–Trinajstić information content (AvgIpc) is 2.55. The molecule has 0 aromatic heterocycles. The highest BCUT2D eigenvalue weighted by atomic mass is 32.2. The second-order valence-electron chi connectivity index (χ2n) is 4.75. The van der Waals surface area contributed by atoms with Gasteiger partial charge in [0.05, 0.1) is 0 Å². The Labute approximate surface area is 134 Å². The molecule has 0 aliphatic heterocycles. The van der Waals surface area contributed by atoms with Gasteiger partial charge in [-0.1, -0.05) is 30.3 Å². The van der Waals surface area contributed by atoms with Gasteiger partial charge in [-0.3, -0.25) is 0 Å². The van der Waals surface area contributed by atoms with Crippen molar-refractivity contribution in [3.63, 3.8) is 0 Å². The van der Waals surface area contributed by atoms with Gasteiger partial charge in [-0.2, -0.15) is 0 Å². The first-order chi connectivity index (χ1) is 10.7. The van der Waals surface area contributed by atoms with Crippen LogP contribution in [0.15, 0.2) is 59.5 Å². The van der Waals surface area contributed by atoms with Crippen LogP contribution in [0.25, 0.3) is 0 Å². The molecular formula is C17H19FN2OS. The lowest BCUT2D eigenvalue weighted by molar-refractivity contribution is 0.240. The van der Waals surface area contributed by atoms with Crippen LogP contribution in [0.4, 0.5) is 9.18 Å². The summed E-state index contributed by atoms with van der Waals surface area (Å²) in [6, 6.07) is 16.1. The summed E-state index contributed by atoms with van der Waals surface area (Å²) in [6.45, 7) is 1.03. The van der Waals surface area contributed by atoms with Crippen molar-refractivity contribution in [1.82, 2.24) is 10.6 Å². The zero-order valence-corrected chi connectivity index (χ0v) is 13.0. The SMILES string of the molecule is O=C(NCCCSc1ccccc1)NCc1ccc(F)cc1. The van der Waals surface area contributed by atoms with E-state index in [9.17, 15) is 9.18 Å². The van der Waals surface area contributed by atoms with Gasteiger partial charge in [-0.05, 0) is 42.0 Å². The summed E-state index contributed by atoms with van der Waals surface area (Å²) in [6.07, 6.45) is 0.906. The minimum Gasteiger partial charge on any atom is -0.338 e. The molecule has 0 saturated heterocycles. The summed E-state index contributed by atoms with van der Waals surface area (Å²) in [4.78, 5) is 12.9. The lowest BCUT2D eigenvalue weighted by Gasteiger charge is -2.07. The standard InChI is InChI=1S/C17H19FN2OS/c18-15-9-7-14(8-10-15)13-20-17(21)19-11-4-12-22-16-5-2-1-3-6-16/h1-3,5-10H,4,11-13H2,(H2,19,20,21). The van der Waals surface area contributed by atoms with E-state index in [4.69, 9.17) is 0 Å². The van der Waals surface area contributed by atoms with Crippen LogP contribution < -0.4 is 10.6 Å². The lowest BCUT2D eigenvalue weighted by atomic mass is 10.2. The van der Waals surface area contributed by atoms with Crippen LogP contribution in [0.5, 0.6) is 0 Å². The lowest BCUT2D eigenvalue weighted by Crippen LogP contribution is -2.35. The number of hydrogen-bond donors (Lipinski definition) is 2. The first-order valence-corrected chi connectivity index (χ1v) is 8.16. The fraction of sp³-hybridized carbons (Fsp3) is 0.235. The van der Waals surface area contributed by atoms with Crippen molar-refractivity contribution in [2.24, 2.45) is 0 Å². The number of thioether (sulfide) groups is 1. The topological polar surface area (TPSA) is 41.1 Å². The second-order valence-corrected chi connectivity index (χ2v) is 5.92. The molecule has 0 aliphatic rings. The maximum Gasteiger partial charge on any atom is 0.315 e. The van der Waals surface area contributed by atoms with Crippen LogP contribution in [0.3, 0.4) is 0 Å². The Morgan fingerprint density at radius 3 is 2.45 bits per heavy atom. The van der Waals surface area contributed by atoms with E-state index in [-0.39, 0.29) is 11.8 Å². The summed E-state index contributed by atoms with van der Waals surface area (Å²) in [5.74, 6) is 0.687. The third-order valence-electron chi connectivity index (χ3n) is 2.98. The number of halogens is 1. The molecule has 116 valence electrons. The van der Waals surface area contributed by atoms with Crippen LogP contribution in [-0.2, 0) is 6.54 Å². The molecule has 0 unspecified atom stereocenters. The van der Waals surface area contributed by atoms with Crippen molar-refractivity contribution in [3.8, 4) is 0 Å². The zero-order chi connectivity index (χ0) is 15.6. The minimum atomic E-state index is -0.274. The first-order valence-electron chi connectivity index (χ1n) is 7.18. The molecule has 2 N–H and O–H groups in total. The third kappa shape index (κ3) is 6.18. The predicted molar refractivity (Wildman–Crippen MR) is 88.4 cm³/mol. The van der Waals surface area contributed by atoms with Gasteiger partial charge in [-0.25, -0.2) is 9.18 Å². The predicted octanol–water partition coefficient (Wildman–Crippen LogP) is 3.81. The second kappa shape index (κ2) is 9.10. The summed E-state index contributed by atoms with van der Waals surface area (Å²) >= 11 is 1.78. The molecule has 0 heterocycles. The molecule has 22 heavy (non-hydrogen) atoms. The molecule has 0 radical (unpaired) electrons. The van der Waals surface area contributed by atoms with E-state index in [0.717, 1.165) is 17.7 Å². The fourth-order valence-electron chi connectivity index (χ4n) is 1.83. The maximum atomic E-state index is 12.7. The average molecular weight is 318 g/mol. The number of carbonyl (C=O) groups excluding carboxylic acids is 1. The Morgan fingerprint density at radius 2 is 1.73 bits per heavy atom. The van der Waals surface area contributed by atoms with E-state index < -0.39 is 0 Å². The fourth-order valence-corrected chi connectivity index (χ4v) is 2.70. The summed E-state index contributed by atoms with van der Waals surface area (Å²) in [5, 5.41) is 5.56. The van der Waals surface area contributed by atoms with Crippen molar-refractivity contribution < 1.29 is 9.18 Å². The number of hydrogen-bond acceptors (Lipinski definition) is 2. The Kier molecular flexibility index (Phi) is 6.77. The quantitative estimate of drug-likeness (QED) is 0.602. The van der Waals surface area contributed by atoms with E-state index in [2.05, 4.69) is 22.8 Å². The van der Waals surface area contributed by atoms with Crippen molar-refractivity contribution in [1.29, 1.82) is 0 Å². The molecule has 2 rings (SSSR count). The maximum absolute atomic E-state index is 12.7. The van der Waals surface area contributed by atoms with Gasteiger partial charge in [0.1, 0.15) is 5.82 Å². The molecule has 0 bridgehead atoms. The largest absolute Gasteiger partial charge is 0.338 e. The smallest absolute Gasteiger partial charge is 0.315 e. The van der Waals surface area contributed by atoms with Gasteiger partial charge >= 0.3 is 6.03 Å². The molecular weight excluding hydrogens is 299 g/mol. The molecule has 2 aromatic rings. The Morgan fingerprint density at radius 1 is 1.00 bits per heavy atom. The van der Waals surface area contributed by atoms with Crippen LogP contribution >= 0.6 is 11.8 Å². The Bertz CT molecular complexity index is 575. The van der Waals surface area contributed by atoms with Crippen LogP contribution in [-0.4, -0.2) is 18.3 Å². The van der Waals surface area contributed by atoms with Crippen LogP contribution in [0.2, 0.25) is 0 Å². The number of carbonyl (C=O) groups is 1. The summed E-state index contributed by atoms with van der Waals surface area (Å²) < 4.78 is 12.7. The number of benzene rings is 2. The molecule has 2 amide bonds. The summed E-state index contributed by atoms with van der Waals surface area (Å²) in [7, 11) is 0. The number of nitrogens with one attached hydrogen (secondary N) is 2. The number of rotatable bonds is 7. The Hall–Kier alpha value is -2.01. The monoisotopic (exact) mass is 318 g/mol. The molecule has 5 heteroatoms. The van der Waals surface area contributed by atoms with E-state index in [0.29, 0.717) is 13.1 Å². The molecule has 0 aliphatic carbocycles. The zero-order valence-electron chi connectivity index (χ0n) is 12.2. The van der Waals surface area contributed by atoms with E-state index in [1.54, 1.807) is 23.9 Å². The van der Waals surface area contributed by atoms with Gasteiger partial charge in [0, 0.05) is 18.0 Å². The molecule has 2 aromatic carbocycles. The van der Waals surface area contributed by atoms with Gasteiger partial charge < -0.3 is 10.6 Å². The molecule has 0 atom stereocenters. The van der Waals surface area contributed by atoms with Crippen LogP contribution in [0, 0.1) is 5.82 Å². The van der Waals surface area contributed by atoms with Crippen molar-refractivity contribution >= 4 is 17.8 Å². The van der Waals surface area contributed by atoms with E-state index in [1.807, 2.05) is 18.2 Å². The molecule has 0 saturated carbocycles. The molecule has 3 nitrogen and oxygen atoms in total. The summed E-state index contributed by atoms with van der Waals surface area (Å²) in [5.41, 5.74) is 0.871. The van der Waals surface area contributed by atoms with Gasteiger partial charge in [0.25, 0.3) is 0 Å². The first kappa shape index (κ1) is 16.4. The highest BCUT2D eigenvalue weighted by molar-refractivity contribution is 7.99. The van der Waals surface area contributed by atoms with Crippen molar-refractivity contribution in [2.45, 2.75) is 17.9 Å². The van der Waals surface area contributed by atoms with E-state index in [1.165, 1.54) is 17.0 Å².